The summed E-state index contributed by atoms with van der Waals surface area (Å²) in [5.74, 6) is 0.652. The van der Waals surface area contributed by atoms with Gasteiger partial charge < -0.3 is 10.1 Å². The fraction of sp³-hybridized carbons (Fsp3) is 0.462. The SMILES string of the molecule is CCC(Br)C(=O)Nc1ccccc1OC(C)C. The normalized spacial score (nSPS) is 12.3. The molecule has 1 atom stereocenters. The van der Waals surface area contributed by atoms with Crippen molar-refractivity contribution in [3.63, 3.8) is 0 Å². The molecule has 1 aromatic rings. The largest absolute Gasteiger partial charge is 0.489 e. The lowest BCUT2D eigenvalue weighted by molar-refractivity contribution is -0.115. The molecule has 1 unspecified atom stereocenters. The lowest BCUT2D eigenvalue weighted by Gasteiger charge is -2.15. The number of carbonyl (C=O) groups excluding carboxylic acids is 1. The van der Waals surface area contributed by atoms with Crippen LogP contribution >= 0.6 is 15.9 Å². The van der Waals surface area contributed by atoms with Crippen LogP contribution in [-0.4, -0.2) is 16.8 Å². The highest BCUT2D eigenvalue weighted by Crippen LogP contribution is 2.25. The number of carbonyl (C=O) groups is 1. The number of anilines is 1. The van der Waals surface area contributed by atoms with E-state index in [0.717, 1.165) is 6.42 Å². The molecule has 4 heteroatoms. The van der Waals surface area contributed by atoms with E-state index in [2.05, 4.69) is 21.2 Å². The molecular formula is C13H18BrNO2. The van der Waals surface area contributed by atoms with E-state index in [1.54, 1.807) is 0 Å². The lowest BCUT2D eigenvalue weighted by Crippen LogP contribution is -2.22. The van der Waals surface area contributed by atoms with Gasteiger partial charge in [0.1, 0.15) is 5.75 Å². The third kappa shape index (κ3) is 4.38. The second-order valence-electron chi connectivity index (χ2n) is 4.03. The minimum atomic E-state index is -0.172. The Balaban J connectivity index is 2.79. The number of para-hydroxylation sites is 2. The van der Waals surface area contributed by atoms with Gasteiger partial charge in [-0.05, 0) is 32.4 Å². The number of ether oxygens (including phenoxy) is 1. The monoisotopic (exact) mass is 299 g/mol. The van der Waals surface area contributed by atoms with Gasteiger partial charge in [0.05, 0.1) is 16.6 Å². The van der Waals surface area contributed by atoms with Gasteiger partial charge in [-0.2, -0.15) is 0 Å². The molecule has 1 N–H and O–H groups in total. The smallest absolute Gasteiger partial charge is 0.238 e. The highest BCUT2D eigenvalue weighted by molar-refractivity contribution is 9.10. The Morgan fingerprint density at radius 2 is 2.06 bits per heavy atom. The molecule has 0 saturated heterocycles. The number of rotatable bonds is 5. The number of halogens is 1. The Bertz CT molecular complexity index is 379. The zero-order valence-corrected chi connectivity index (χ0v) is 12.0. The quantitative estimate of drug-likeness (QED) is 0.844. The third-order valence-corrected chi connectivity index (χ3v) is 3.21. The predicted octanol–water partition coefficient (Wildman–Crippen LogP) is 3.59. The van der Waals surface area contributed by atoms with E-state index in [4.69, 9.17) is 4.74 Å². The topological polar surface area (TPSA) is 38.3 Å². The average Bonchev–Trinajstić information content (AvgIpc) is 2.29. The summed E-state index contributed by atoms with van der Waals surface area (Å²) >= 11 is 3.32. The molecule has 94 valence electrons. The molecule has 0 heterocycles. The molecule has 17 heavy (non-hydrogen) atoms. The summed E-state index contributed by atoms with van der Waals surface area (Å²) in [5, 5.41) is 2.86. The summed E-state index contributed by atoms with van der Waals surface area (Å²) in [6, 6.07) is 7.45. The van der Waals surface area contributed by atoms with Crippen molar-refractivity contribution in [3.8, 4) is 5.75 Å². The van der Waals surface area contributed by atoms with Crippen LogP contribution in [0.15, 0.2) is 24.3 Å². The van der Waals surface area contributed by atoms with E-state index in [9.17, 15) is 4.79 Å². The summed E-state index contributed by atoms with van der Waals surface area (Å²) in [5.41, 5.74) is 0.712. The van der Waals surface area contributed by atoms with Crippen molar-refractivity contribution in [1.29, 1.82) is 0 Å². The minimum absolute atomic E-state index is 0.0488. The van der Waals surface area contributed by atoms with E-state index in [1.165, 1.54) is 0 Å². The van der Waals surface area contributed by atoms with Crippen LogP contribution in [0.2, 0.25) is 0 Å². The van der Waals surface area contributed by atoms with Crippen LogP contribution in [0.1, 0.15) is 27.2 Å². The van der Waals surface area contributed by atoms with Crippen LogP contribution in [0.5, 0.6) is 5.75 Å². The predicted molar refractivity (Wildman–Crippen MR) is 73.8 cm³/mol. The molecule has 1 rings (SSSR count). The number of alkyl halides is 1. The second kappa shape index (κ2) is 6.64. The maximum atomic E-state index is 11.8. The van der Waals surface area contributed by atoms with Crippen LogP contribution in [0.25, 0.3) is 0 Å². The Labute approximate surface area is 111 Å². The highest BCUT2D eigenvalue weighted by atomic mass is 79.9. The van der Waals surface area contributed by atoms with Gasteiger partial charge in [0.25, 0.3) is 0 Å². The molecule has 0 spiro atoms. The van der Waals surface area contributed by atoms with E-state index < -0.39 is 0 Å². The Hall–Kier alpha value is -1.03. The minimum Gasteiger partial charge on any atom is -0.489 e. The van der Waals surface area contributed by atoms with Crippen LogP contribution in [0, 0.1) is 0 Å². The molecule has 0 aromatic heterocycles. The van der Waals surface area contributed by atoms with E-state index >= 15 is 0 Å². The maximum absolute atomic E-state index is 11.8. The fourth-order valence-corrected chi connectivity index (χ4v) is 1.44. The number of hydrogen-bond donors (Lipinski definition) is 1. The number of benzene rings is 1. The van der Waals surface area contributed by atoms with Gasteiger partial charge in [0.2, 0.25) is 5.91 Å². The van der Waals surface area contributed by atoms with Crippen molar-refractivity contribution in [2.45, 2.75) is 38.1 Å². The highest BCUT2D eigenvalue weighted by Gasteiger charge is 2.14. The van der Waals surface area contributed by atoms with Gasteiger partial charge >= 0.3 is 0 Å². The van der Waals surface area contributed by atoms with Crippen molar-refractivity contribution in [2.24, 2.45) is 0 Å². The number of hydrogen-bond acceptors (Lipinski definition) is 2. The van der Waals surface area contributed by atoms with Crippen LogP contribution in [0.3, 0.4) is 0 Å². The number of nitrogens with one attached hydrogen (secondary N) is 1. The molecule has 1 aromatic carbocycles. The molecular weight excluding hydrogens is 282 g/mol. The molecule has 0 aliphatic heterocycles. The van der Waals surface area contributed by atoms with Crippen molar-refractivity contribution in [3.05, 3.63) is 24.3 Å². The number of amides is 1. The van der Waals surface area contributed by atoms with Crippen molar-refractivity contribution >= 4 is 27.5 Å². The lowest BCUT2D eigenvalue weighted by atomic mass is 10.2. The van der Waals surface area contributed by atoms with E-state index in [-0.39, 0.29) is 16.8 Å². The molecule has 3 nitrogen and oxygen atoms in total. The molecule has 0 radical (unpaired) electrons. The fourth-order valence-electron chi connectivity index (χ4n) is 1.32. The van der Waals surface area contributed by atoms with E-state index in [0.29, 0.717) is 11.4 Å². The summed E-state index contributed by atoms with van der Waals surface area (Å²) in [7, 11) is 0. The first-order chi connectivity index (χ1) is 8.04. The molecule has 0 fully saturated rings. The van der Waals surface area contributed by atoms with Gasteiger partial charge in [-0.3, -0.25) is 4.79 Å². The van der Waals surface area contributed by atoms with Gasteiger partial charge in [0, 0.05) is 0 Å². The van der Waals surface area contributed by atoms with Crippen LogP contribution in [0.4, 0.5) is 5.69 Å². The average molecular weight is 300 g/mol. The van der Waals surface area contributed by atoms with Crippen molar-refractivity contribution < 1.29 is 9.53 Å². The first-order valence-corrected chi connectivity index (χ1v) is 6.66. The Morgan fingerprint density at radius 1 is 1.41 bits per heavy atom. The summed E-state index contributed by atoms with van der Waals surface area (Å²) in [6.07, 6.45) is 0.831. The van der Waals surface area contributed by atoms with Gasteiger partial charge in [-0.25, -0.2) is 0 Å². The Kier molecular flexibility index (Phi) is 5.48. The summed E-state index contributed by atoms with van der Waals surface area (Å²) in [6.45, 7) is 5.87. The molecule has 0 aliphatic carbocycles. The van der Waals surface area contributed by atoms with E-state index in [1.807, 2.05) is 45.0 Å². The van der Waals surface area contributed by atoms with Crippen molar-refractivity contribution in [1.82, 2.24) is 0 Å². The van der Waals surface area contributed by atoms with Gasteiger partial charge in [-0.1, -0.05) is 35.0 Å². The third-order valence-electron chi connectivity index (χ3n) is 2.15. The first kappa shape index (κ1) is 14.0. The molecule has 1 amide bonds. The molecule has 0 saturated carbocycles. The van der Waals surface area contributed by atoms with Crippen LogP contribution < -0.4 is 10.1 Å². The standard InChI is InChI=1S/C13H18BrNO2/c1-4-10(14)13(16)15-11-7-5-6-8-12(11)17-9(2)3/h5-10H,4H2,1-3H3,(H,15,16). The Morgan fingerprint density at radius 3 is 2.65 bits per heavy atom. The summed E-state index contributed by atoms with van der Waals surface area (Å²) < 4.78 is 5.63. The zero-order chi connectivity index (χ0) is 12.8. The van der Waals surface area contributed by atoms with Gasteiger partial charge in [-0.15, -0.1) is 0 Å². The molecule has 0 bridgehead atoms. The maximum Gasteiger partial charge on any atom is 0.238 e. The first-order valence-electron chi connectivity index (χ1n) is 5.75. The van der Waals surface area contributed by atoms with Crippen molar-refractivity contribution in [2.75, 3.05) is 5.32 Å². The molecule has 0 aliphatic rings. The van der Waals surface area contributed by atoms with Crippen LogP contribution in [-0.2, 0) is 4.79 Å². The van der Waals surface area contributed by atoms with Gasteiger partial charge in [0.15, 0.2) is 0 Å². The second-order valence-corrected chi connectivity index (χ2v) is 5.13. The zero-order valence-electron chi connectivity index (χ0n) is 10.4. The summed E-state index contributed by atoms with van der Waals surface area (Å²) in [4.78, 5) is 11.6.